The Kier molecular flexibility index (Phi) is 6.97. The molecule has 8 heteroatoms. The smallest absolute Gasteiger partial charge is 0.258 e. The van der Waals surface area contributed by atoms with E-state index in [4.69, 9.17) is 20.8 Å². The molecule has 1 heterocycles. The number of hydrogen-bond donors (Lipinski definition) is 1. The first kappa shape index (κ1) is 26.6. The summed E-state index contributed by atoms with van der Waals surface area (Å²) in [4.78, 5) is 28.7. The zero-order valence-electron chi connectivity index (χ0n) is 22.4. The van der Waals surface area contributed by atoms with Crippen molar-refractivity contribution in [3.8, 4) is 28.2 Å². The number of benzene rings is 4. The highest BCUT2D eigenvalue weighted by molar-refractivity contribution is 6.33. The van der Waals surface area contributed by atoms with Gasteiger partial charge in [-0.25, -0.2) is 4.39 Å². The molecular formula is C33H26ClFN2O4. The third-order valence-corrected chi connectivity index (χ3v) is 7.56. The minimum absolute atomic E-state index is 0.121. The molecule has 6 nitrogen and oxygen atoms in total. The molecule has 4 aromatic carbocycles. The number of nitrogens with one attached hydrogen (secondary N) is 1. The van der Waals surface area contributed by atoms with Crippen LogP contribution in [0.15, 0.2) is 89.3 Å². The molecule has 1 N–H and O–H groups in total. The minimum atomic E-state index is -0.385. The Morgan fingerprint density at radius 3 is 2.44 bits per heavy atom. The predicted octanol–water partition coefficient (Wildman–Crippen LogP) is 7.74. The lowest BCUT2D eigenvalue weighted by molar-refractivity contribution is 0.0962. The summed E-state index contributed by atoms with van der Waals surface area (Å²) in [6, 6.07) is 24.0. The van der Waals surface area contributed by atoms with Gasteiger partial charge in [0.2, 0.25) is 0 Å². The highest BCUT2D eigenvalue weighted by Gasteiger charge is 2.34. The zero-order valence-corrected chi connectivity index (χ0v) is 23.2. The maximum atomic E-state index is 13.8. The van der Waals surface area contributed by atoms with Gasteiger partial charge in [-0.1, -0.05) is 23.7 Å². The van der Waals surface area contributed by atoms with Crippen molar-refractivity contribution >= 4 is 40.1 Å². The second-order valence-electron chi connectivity index (χ2n) is 9.91. The van der Waals surface area contributed by atoms with Crippen molar-refractivity contribution in [2.75, 3.05) is 19.1 Å². The van der Waals surface area contributed by atoms with E-state index < -0.39 is 0 Å². The van der Waals surface area contributed by atoms with Crippen LogP contribution in [0.1, 0.15) is 33.6 Å². The molecule has 0 saturated heterocycles. The van der Waals surface area contributed by atoms with E-state index in [-0.39, 0.29) is 23.7 Å². The number of amides is 2. The number of carbonyl (C=O) groups excluding carboxylic acids is 2. The third kappa shape index (κ3) is 5.05. The van der Waals surface area contributed by atoms with Crippen LogP contribution in [-0.2, 0) is 0 Å². The van der Waals surface area contributed by atoms with Gasteiger partial charge in [0.1, 0.15) is 22.9 Å². The Labute approximate surface area is 241 Å². The molecule has 206 valence electrons. The van der Waals surface area contributed by atoms with Crippen molar-refractivity contribution in [3.05, 3.63) is 107 Å². The summed E-state index contributed by atoms with van der Waals surface area (Å²) in [5.74, 6) is 0.161. The maximum Gasteiger partial charge on any atom is 0.258 e. The van der Waals surface area contributed by atoms with Crippen LogP contribution in [0.25, 0.3) is 33.4 Å². The standard InChI is InChI=1S/C33H26ClFN2O4/c1-36-32(38)30-27-16-20(9-15-29(27)41-31(30)19-6-10-22(35)11-7-19)26-17-21(8-14-28(26)34)33(39)37(23-12-13-23)24-4-3-5-25(18-24)40-2/h3-11,14-18,23H,12-13H2,1-2H3,(H,36,38). The monoisotopic (exact) mass is 568 g/mol. The van der Waals surface area contributed by atoms with Gasteiger partial charge in [-0.2, -0.15) is 0 Å². The van der Waals surface area contributed by atoms with Crippen LogP contribution in [0.4, 0.5) is 10.1 Å². The van der Waals surface area contributed by atoms with Crippen molar-refractivity contribution in [1.82, 2.24) is 5.32 Å². The second kappa shape index (κ2) is 10.7. The number of methoxy groups -OCH3 is 1. The number of halogens is 2. The highest BCUT2D eigenvalue weighted by Crippen LogP contribution is 2.39. The van der Waals surface area contributed by atoms with E-state index in [1.807, 2.05) is 41.3 Å². The average molecular weight is 569 g/mol. The lowest BCUT2D eigenvalue weighted by atomic mass is 9.98. The number of furan rings is 1. The molecule has 0 atom stereocenters. The molecule has 6 rings (SSSR count). The van der Waals surface area contributed by atoms with Crippen LogP contribution in [0.2, 0.25) is 5.02 Å². The number of nitrogens with zero attached hydrogens (tertiary/aromatic N) is 1. The third-order valence-electron chi connectivity index (χ3n) is 7.24. The maximum absolute atomic E-state index is 13.8. The molecule has 5 aromatic rings. The number of carbonyl (C=O) groups is 2. The van der Waals surface area contributed by atoms with Crippen LogP contribution in [0.3, 0.4) is 0 Å². The van der Waals surface area contributed by atoms with Gasteiger partial charge >= 0.3 is 0 Å². The Morgan fingerprint density at radius 2 is 1.73 bits per heavy atom. The topological polar surface area (TPSA) is 71.8 Å². The number of anilines is 1. The van der Waals surface area contributed by atoms with Gasteiger partial charge in [0, 0.05) is 51.9 Å². The Bertz CT molecular complexity index is 1790. The van der Waals surface area contributed by atoms with Gasteiger partial charge in [-0.3, -0.25) is 9.59 Å². The summed E-state index contributed by atoms with van der Waals surface area (Å²) >= 11 is 6.66. The Balaban J connectivity index is 1.43. The van der Waals surface area contributed by atoms with Crippen molar-refractivity contribution in [3.63, 3.8) is 0 Å². The summed E-state index contributed by atoms with van der Waals surface area (Å²) < 4.78 is 25.0. The van der Waals surface area contributed by atoms with Gasteiger partial charge in [0.25, 0.3) is 11.8 Å². The van der Waals surface area contributed by atoms with E-state index in [0.29, 0.717) is 55.3 Å². The van der Waals surface area contributed by atoms with E-state index in [0.717, 1.165) is 18.5 Å². The van der Waals surface area contributed by atoms with E-state index in [2.05, 4.69) is 5.32 Å². The number of ether oxygens (including phenoxy) is 1. The van der Waals surface area contributed by atoms with Gasteiger partial charge in [0.05, 0.1) is 12.7 Å². The minimum Gasteiger partial charge on any atom is -0.497 e. The summed E-state index contributed by atoms with van der Waals surface area (Å²) in [7, 11) is 3.14. The molecular weight excluding hydrogens is 543 g/mol. The number of hydrogen-bond acceptors (Lipinski definition) is 4. The van der Waals surface area contributed by atoms with Crippen molar-refractivity contribution < 1.29 is 23.1 Å². The summed E-state index contributed by atoms with van der Waals surface area (Å²) in [5, 5.41) is 3.71. The molecule has 41 heavy (non-hydrogen) atoms. The fourth-order valence-electron chi connectivity index (χ4n) is 5.03. The first-order valence-electron chi connectivity index (χ1n) is 13.2. The van der Waals surface area contributed by atoms with Crippen LogP contribution < -0.4 is 15.0 Å². The molecule has 1 saturated carbocycles. The Morgan fingerprint density at radius 1 is 0.976 bits per heavy atom. The molecule has 1 aliphatic rings. The van der Waals surface area contributed by atoms with E-state index >= 15 is 0 Å². The van der Waals surface area contributed by atoms with Crippen molar-refractivity contribution in [2.45, 2.75) is 18.9 Å². The van der Waals surface area contributed by atoms with E-state index in [1.54, 1.807) is 50.6 Å². The predicted molar refractivity (Wildman–Crippen MR) is 158 cm³/mol. The lowest BCUT2D eigenvalue weighted by Crippen LogP contribution is -2.33. The lowest BCUT2D eigenvalue weighted by Gasteiger charge is -2.23. The second-order valence-corrected chi connectivity index (χ2v) is 10.3. The van der Waals surface area contributed by atoms with Crippen molar-refractivity contribution in [2.24, 2.45) is 0 Å². The molecule has 0 bridgehead atoms. The summed E-state index contributed by atoms with van der Waals surface area (Å²) in [5.41, 5.74) is 4.03. The zero-order chi connectivity index (χ0) is 28.7. The quantitative estimate of drug-likeness (QED) is 0.218. The summed E-state index contributed by atoms with van der Waals surface area (Å²) in [6.07, 6.45) is 1.86. The van der Waals surface area contributed by atoms with Crippen LogP contribution in [-0.4, -0.2) is 32.0 Å². The summed E-state index contributed by atoms with van der Waals surface area (Å²) in [6.45, 7) is 0. The van der Waals surface area contributed by atoms with Gasteiger partial charge in [0.15, 0.2) is 0 Å². The van der Waals surface area contributed by atoms with Crippen LogP contribution >= 0.6 is 11.6 Å². The Hall–Kier alpha value is -4.62. The number of fused-ring (bicyclic) bond motifs is 1. The highest BCUT2D eigenvalue weighted by atomic mass is 35.5. The van der Waals surface area contributed by atoms with Gasteiger partial charge in [-0.15, -0.1) is 0 Å². The first-order chi connectivity index (χ1) is 19.9. The van der Waals surface area contributed by atoms with Crippen molar-refractivity contribution in [1.29, 1.82) is 0 Å². The first-order valence-corrected chi connectivity index (χ1v) is 13.6. The molecule has 0 aliphatic heterocycles. The molecule has 0 radical (unpaired) electrons. The molecule has 1 fully saturated rings. The van der Waals surface area contributed by atoms with Crippen LogP contribution in [0.5, 0.6) is 5.75 Å². The largest absolute Gasteiger partial charge is 0.497 e. The SMILES string of the molecule is CNC(=O)c1c(-c2ccc(F)cc2)oc2ccc(-c3cc(C(=O)N(c4cccc(OC)c4)C4CC4)ccc3Cl)cc12. The fourth-order valence-corrected chi connectivity index (χ4v) is 5.25. The fraction of sp³-hybridized carbons (Fsp3) is 0.152. The average Bonchev–Trinajstić information content (AvgIpc) is 3.76. The molecule has 0 unspecified atom stereocenters. The van der Waals surface area contributed by atoms with Gasteiger partial charge < -0.3 is 19.4 Å². The van der Waals surface area contributed by atoms with Gasteiger partial charge in [-0.05, 0) is 85.1 Å². The van der Waals surface area contributed by atoms with E-state index in [1.165, 1.54) is 12.1 Å². The molecule has 1 aliphatic carbocycles. The molecule has 2 amide bonds. The van der Waals surface area contributed by atoms with E-state index in [9.17, 15) is 14.0 Å². The normalized spacial score (nSPS) is 12.8. The molecule has 0 spiro atoms. The van der Waals surface area contributed by atoms with Crippen LogP contribution in [0, 0.1) is 5.82 Å². The number of rotatable bonds is 7. The molecule has 1 aromatic heterocycles.